The summed E-state index contributed by atoms with van der Waals surface area (Å²) in [4.78, 5) is 14.0. The lowest BCUT2D eigenvalue weighted by Crippen LogP contribution is -2.27. The highest BCUT2D eigenvalue weighted by Gasteiger charge is 2.17. The number of thioether (sulfide) groups is 1. The van der Waals surface area contributed by atoms with E-state index in [-0.39, 0.29) is 17.4 Å². The van der Waals surface area contributed by atoms with E-state index < -0.39 is 12.4 Å². The Kier molecular flexibility index (Phi) is 6.99. The van der Waals surface area contributed by atoms with E-state index in [0.717, 1.165) is 5.56 Å². The molecule has 30 heavy (non-hydrogen) atoms. The third-order valence-electron chi connectivity index (χ3n) is 4.27. The monoisotopic (exact) mass is 436 g/mol. The van der Waals surface area contributed by atoms with Crippen molar-refractivity contribution >= 4 is 17.7 Å². The third kappa shape index (κ3) is 5.32. The molecule has 1 amide bonds. The summed E-state index contributed by atoms with van der Waals surface area (Å²) in [6.07, 6.45) is 0. The van der Waals surface area contributed by atoms with Gasteiger partial charge in [0.15, 0.2) is 11.0 Å². The Morgan fingerprint density at radius 2 is 1.87 bits per heavy atom. The van der Waals surface area contributed by atoms with Gasteiger partial charge >= 0.3 is 6.61 Å². The average Bonchev–Trinajstić information content (AvgIpc) is 3.08. The molecule has 1 aromatic heterocycles. The molecule has 0 saturated carbocycles. The van der Waals surface area contributed by atoms with Crippen LogP contribution >= 0.6 is 11.8 Å². The molecule has 10 heteroatoms. The van der Waals surface area contributed by atoms with Crippen LogP contribution in [-0.2, 0) is 18.4 Å². The normalized spacial score (nSPS) is 11.0. The molecular formula is C20H19F3N4O2S. The van der Waals surface area contributed by atoms with Crippen LogP contribution in [0.1, 0.15) is 5.56 Å². The van der Waals surface area contributed by atoms with Gasteiger partial charge in [0.2, 0.25) is 5.91 Å². The van der Waals surface area contributed by atoms with Gasteiger partial charge in [-0.3, -0.25) is 4.79 Å². The highest BCUT2D eigenvalue weighted by atomic mass is 32.2. The molecule has 1 heterocycles. The van der Waals surface area contributed by atoms with Gasteiger partial charge in [0.1, 0.15) is 11.6 Å². The molecule has 0 unspecified atom stereocenters. The molecule has 0 saturated heterocycles. The Labute approximate surface area is 175 Å². The van der Waals surface area contributed by atoms with Gasteiger partial charge in [0, 0.05) is 20.6 Å². The quantitative estimate of drug-likeness (QED) is 0.500. The summed E-state index contributed by atoms with van der Waals surface area (Å²) in [6.45, 7) is -2.56. The second kappa shape index (κ2) is 9.66. The molecule has 3 aromatic rings. The van der Waals surface area contributed by atoms with Gasteiger partial charge in [-0.15, -0.1) is 10.2 Å². The largest absolute Gasteiger partial charge is 0.435 e. The molecule has 158 valence electrons. The lowest BCUT2D eigenvalue weighted by atomic mass is 10.2. The Hall–Kier alpha value is -3.01. The van der Waals surface area contributed by atoms with Crippen molar-refractivity contribution < 1.29 is 22.7 Å². The summed E-state index contributed by atoms with van der Waals surface area (Å²) < 4.78 is 44.3. The first kappa shape index (κ1) is 21.7. The topological polar surface area (TPSA) is 60.2 Å². The van der Waals surface area contributed by atoms with Crippen LogP contribution in [0.15, 0.2) is 53.7 Å². The first-order valence-corrected chi connectivity index (χ1v) is 9.88. The number of carbonyl (C=O) groups excluding carboxylic acids is 1. The number of benzene rings is 2. The fourth-order valence-electron chi connectivity index (χ4n) is 2.69. The van der Waals surface area contributed by atoms with Crippen molar-refractivity contribution in [2.45, 2.75) is 18.3 Å². The minimum atomic E-state index is -2.88. The first-order valence-electron chi connectivity index (χ1n) is 8.90. The van der Waals surface area contributed by atoms with Crippen molar-refractivity contribution in [3.63, 3.8) is 0 Å². The van der Waals surface area contributed by atoms with E-state index >= 15 is 0 Å². The van der Waals surface area contributed by atoms with Crippen LogP contribution in [0.25, 0.3) is 11.4 Å². The molecule has 0 spiro atoms. The van der Waals surface area contributed by atoms with Crippen LogP contribution in [0.3, 0.4) is 0 Å². The number of carbonyl (C=O) groups is 1. The first-order chi connectivity index (χ1) is 14.3. The number of aromatic nitrogens is 3. The molecule has 0 fully saturated rings. The zero-order chi connectivity index (χ0) is 21.7. The number of halogens is 3. The van der Waals surface area contributed by atoms with Crippen molar-refractivity contribution in [2.75, 3.05) is 12.8 Å². The SMILES string of the molecule is CN(Cc1ccc(OC(F)F)cc1)C(=O)CSc1nnc(-c2ccccc2F)n1C. The number of amides is 1. The second-order valence-electron chi connectivity index (χ2n) is 6.41. The van der Waals surface area contributed by atoms with Gasteiger partial charge in [-0.1, -0.05) is 36.0 Å². The van der Waals surface area contributed by atoms with Gasteiger partial charge < -0.3 is 14.2 Å². The number of ether oxygens (including phenoxy) is 1. The zero-order valence-corrected chi connectivity index (χ0v) is 17.1. The molecule has 0 aliphatic carbocycles. The summed E-state index contributed by atoms with van der Waals surface area (Å²) in [7, 11) is 3.36. The number of alkyl halides is 2. The van der Waals surface area contributed by atoms with Crippen LogP contribution < -0.4 is 4.74 Å². The highest BCUT2D eigenvalue weighted by Crippen LogP contribution is 2.25. The van der Waals surface area contributed by atoms with Crippen LogP contribution in [0, 0.1) is 5.82 Å². The highest BCUT2D eigenvalue weighted by molar-refractivity contribution is 7.99. The summed E-state index contributed by atoms with van der Waals surface area (Å²) in [5.41, 5.74) is 1.11. The van der Waals surface area contributed by atoms with Crippen molar-refractivity contribution in [3.05, 3.63) is 59.9 Å². The fraction of sp³-hybridized carbons (Fsp3) is 0.250. The van der Waals surface area contributed by atoms with Gasteiger partial charge in [0.05, 0.1) is 11.3 Å². The van der Waals surface area contributed by atoms with Gasteiger partial charge in [-0.05, 0) is 29.8 Å². The van der Waals surface area contributed by atoms with E-state index in [2.05, 4.69) is 14.9 Å². The Morgan fingerprint density at radius 1 is 1.17 bits per heavy atom. The molecule has 0 N–H and O–H groups in total. The van der Waals surface area contributed by atoms with Gasteiger partial charge in [-0.2, -0.15) is 8.78 Å². The van der Waals surface area contributed by atoms with Crippen molar-refractivity contribution in [1.29, 1.82) is 0 Å². The minimum Gasteiger partial charge on any atom is -0.435 e. The average molecular weight is 436 g/mol. The molecule has 0 aliphatic heterocycles. The summed E-state index contributed by atoms with van der Waals surface area (Å²) >= 11 is 1.20. The predicted molar refractivity (Wildman–Crippen MR) is 107 cm³/mol. The summed E-state index contributed by atoms with van der Waals surface area (Å²) in [5, 5.41) is 8.56. The van der Waals surface area contributed by atoms with E-state index in [9.17, 15) is 18.0 Å². The Morgan fingerprint density at radius 3 is 2.53 bits per heavy atom. The Bertz CT molecular complexity index is 1010. The van der Waals surface area contributed by atoms with Gasteiger partial charge in [-0.25, -0.2) is 4.39 Å². The molecule has 0 atom stereocenters. The number of hydrogen-bond donors (Lipinski definition) is 0. The van der Waals surface area contributed by atoms with Gasteiger partial charge in [0.25, 0.3) is 0 Å². The number of rotatable bonds is 8. The smallest absolute Gasteiger partial charge is 0.387 e. The van der Waals surface area contributed by atoms with Crippen molar-refractivity contribution in [3.8, 4) is 17.1 Å². The molecule has 3 rings (SSSR count). The van der Waals surface area contributed by atoms with Crippen LogP contribution in [0.2, 0.25) is 0 Å². The lowest BCUT2D eigenvalue weighted by Gasteiger charge is -2.17. The van der Waals surface area contributed by atoms with E-state index in [1.165, 1.54) is 34.9 Å². The maximum Gasteiger partial charge on any atom is 0.387 e. The summed E-state index contributed by atoms with van der Waals surface area (Å²) in [6, 6.07) is 12.4. The van der Waals surface area contributed by atoms with E-state index in [1.807, 2.05) is 0 Å². The van der Waals surface area contributed by atoms with Crippen LogP contribution in [-0.4, -0.2) is 45.0 Å². The number of hydrogen-bond acceptors (Lipinski definition) is 5. The standard InChI is InChI=1S/C20H19F3N4O2S/c1-26(11-13-7-9-14(10-8-13)29-19(22)23)17(28)12-30-20-25-24-18(27(20)2)15-5-3-4-6-16(15)21/h3-10,19H,11-12H2,1-2H3. The van der Waals surface area contributed by atoms with E-state index in [1.54, 1.807) is 49.0 Å². The molecule has 6 nitrogen and oxygen atoms in total. The summed E-state index contributed by atoms with van der Waals surface area (Å²) in [5.74, 6) is 0.00850. The fourth-order valence-corrected chi connectivity index (χ4v) is 3.54. The molecule has 0 bridgehead atoms. The van der Waals surface area contributed by atoms with E-state index in [0.29, 0.717) is 23.1 Å². The Balaban J connectivity index is 1.57. The maximum atomic E-state index is 14.0. The second-order valence-corrected chi connectivity index (χ2v) is 7.35. The van der Waals surface area contributed by atoms with Crippen molar-refractivity contribution in [2.24, 2.45) is 7.05 Å². The third-order valence-corrected chi connectivity index (χ3v) is 5.27. The number of nitrogens with zero attached hydrogens (tertiary/aromatic N) is 4. The van der Waals surface area contributed by atoms with Crippen LogP contribution in [0.4, 0.5) is 13.2 Å². The van der Waals surface area contributed by atoms with E-state index in [4.69, 9.17) is 0 Å². The molecule has 0 radical (unpaired) electrons. The predicted octanol–water partition coefficient (Wildman–Crippen LogP) is 3.97. The lowest BCUT2D eigenvalue weighted by molar-refractivity contribution is -0.127. The molecule has 0 aliphatic rings. The molecular weight excluding hydrogens is 417 g/mol. The zero-order valence-electron chi connectivity index (χ0n) is 16.3. The van der Waals surface area contributed by atoms with Crippen LogP contribution in [0.5, 0.6) is 5.75 Å². The molecule has 2 aromatic carbocycles. The minimum absolute atomic E-state index is 0.0613. The maximum absolute atomic E-state index is 14.0. The van der Waals surface area contributed by atoms with Crippen molar-refractivity contribution in [1.82, 2.24) is 19.7 Å².